The Labute approximate surface area is 126 Å². The zero-order valence-electron chi connectivity index (χ0n) is 11.3. The molecule has 4 nitrogen and oxygen atoms in total. The molecule has 0 aliphatic carbocycles. The Balaban J connectivity index is 1.65. The lowest BCUT2D eigenvalue weighted by atomic mass is 10.1. The van der Waals surface area contributed by atoms with Gasteiger partial charge in [-0.1, -0.05) is 42.5 Å². The van der Waals surface area contributed by atoms with E-state index >= 15 is 0 Å². The SMILES string of the molecule is N[C@@H](C(=O)NCc1nc2ccccc2s1)c1ccccc1. The van der Waals surface area contributed by atoms with Crippen LogP contribution in [0, 0.1) is 0 Å². The summed E-state index contributed by atoms with van der Waals surface area (Å²) in [5.74, 6) is -0.194. The molecule has 0 bridgehead atoms. The number of amides is 1. The van der Waals surface area contributed by atoms with Gasteiger partial charge in [0.05, 0.1) is 16.8 Å². The maximum atomic E-state index is 12.1. The summed E-state index contributed by atoms with van der Waals surface area (Å²) in [5.41, 5.74) is 7.71. The van der Waals surface area contributed by atoms with Crippen molar-refractivity contribution in [1.82, 2.24) is 10.3 Å². The molecule has 0 radical (unpaired) electrons. The molecule has 3 rings (SSSR count). The maximum absolute atomic E-state index is 12.1. The number of nitrogens with two attached hydrogens (primary N) is 1. The van der Waals surface area contributed by atoms with Crippen LogP contribution in [-0.2, 0) is 11.3 Å². The van der Waals surface area contributed by atoms with Crippen LogP contribution in [0.5, 0.6) is 0 Å². The lowest BCUT2D eigenvalue weighted by Crippen LogP contribution is -2.33. The fraction of sp³-hybridized carbons (Fsp3) is 0.125. The zero-order valence-corrected chi connectivity index (χ0v) is 12.1. The molecule has 0 saturated carbocycles. The number of carbonyl (C=O) groups is 1. The van der Waals surface area contributed by atoms with E-state index in [0.29, 0.717) is 6.54 Å². The highest BCUT2D eigenvalue weighted by Gasteiger charge is 2.15. The summed E-state index contributed by atoms with van der Waals surface area (Å²) >= 11 is 1.58. The summed E-state index contributed by atoms with van der Waals surface area (Å²) in [6.45, 7) is 0.402. The number of para-hydroxylation sites is 1. The number of rotatable bonds is 4. The molecule has 0 saturated heterocycles. The number of nitrogens with one attached hydrogen (secondary N) is 1. The number of fused-ring (bicyclic) bond motifs is 1. The molecule has 3 aromatic rings. The molecule has 0 aliphatic rings. The van der Waals surface area contributed by atoms with Gasteiger partial charge in [0, 0.05) is 0 Å². The third-order valence-corrected chi connectivity index (χ3v) is 4.23. The van der Waals surface area contributed by atoms with Crippen molar-refractivity contribution >= 4 is 27.5 Å². The number of thiazole rings is 1. The molecular weight excluding hydrogens is 282 g/mol. The summed E-state index contributed by atoms with van der Waals surface area (Å²) in [6.07, 6.45) is 0. The van der Waals surface area contributed by atoms with Crippen LogP contribution in [0.2, 0.25) is 0 Å². The Morgan fingerprint density at radius 1 is 1.14 bits per heavy atom. The van der Waals surface area contributed by atoms with Crippen LogP contribution in [0.1, 0.15) is 16.6 Å². The average Bonchev–Trinajstić information content (AvgIpc) is 2.95. The van der Waals surface area contributed by atoms with Crippen molar-refractivity contribution in [1.29, 1.82) is 0 Å². The lowest BCUT2D eigenvalue weighted by Gasteiger charge is -2.11. The van der Waals surface area contributed by atoms with E-state index in [2.05, 4.69) is 10.3 Å². The Hall–Kier alpha value is -2.24. The van der Waals surface area contributed by atoms with Crippen LogP contribution in [0.3, 0.4) is 0 Å². The van der Waals surface area contributed by atoms with Gasteiger partial charge < -0.3 is 11.1 Å². The van der Waals surface area contributed by atoms with Crippen LogP contribution < -0.4 is 11.1 Å². The molecule has 1 heterocycles. The van der Waals surface area contributed by atoms with E-state index in [0.717, 1.165) is 20.8 Å². The van der Waals surface area contributed by atoms with Gasteiger partial charge in [-0.05, 0) is 17.7 Å². The second-order valence-electron chi connectivity index (χ2n) is 4.68. The van der Waals surface area contributed by atoms with Crippen LogP contribution in [0.25, 0.3) is 10.2 Å². The van der Waals surface area contributed by atoms with Crippen molar-refractivity contribution < 1.29 is 4.79 Å². The standard InChI is InChI=1S/C16H15N3OS/c17-15(11-6-2-1-3-7-11)16(20)18-10-14-19-12-8-4-5-9-13(12)21-14/h1-9,15H,10,17H2,(H,18,20)/t15-/m1/s1. The van der Waals surface area contributed by atoms with Gasteiger partial charge >= 0.3 is 0 Å². The van der Waals surface area contributed by atoms with Crippen molar-refractivity contribution in [2.75, 3.05) is 0 Å². The average molecular weight is 297 g/mol. The fourth-order valence-electron chi connectivity index (χ4n) is 2.08. The van der Waals surface area contributed by atoms with Gasteiger partial charge in [-0.15, -0.1) is 11.3 Å². The first-order valence-corrected chi connectivity index (χ1v) is 7.48. The summed E-state index contributed by atoms with van der Waals surface area (Å²) in [6, 6.07) is 16.6. The first-order chi connectivity index (χ1) is 10.2. The van der Waals surface area contributed by atoms with Gasteiger partial charge in [0.25, 0.3) is 0 Å². The first-order valence-electron chi connectivity index (χ1n) is 6.67. The molecule has 1 amide bonds. The van der Waals surface area contributed by atoms with E-state index < -0.39 is 6.04 Å². The van der Waals surface area contributed by atoms with Crippen LogP contribution >= 0.6 is 11.3 Å². The molecule has 0 spiro atoms. The van der Waals surface area contributed by atoms with E-state index in [1.807, 2.05) is 54.6 Å². The summed E-state index contributed by atoms with van der Waals surface area (Å²) in [7, 11) is 0. The van der Waals surface area contributed by atoms with Crippen LogP contribution in [0.15, 0.2) is 54.6 Å². The predicted octanol–water partition coefficient (Wildman–Crippen LogP) is 2.61. The zero-order chi connectivity index (χ0) is 14.7. The van der Waals surface area contributed by atoms with Crippen molar-refractivity contribution in [3.8, 4) is 0 Å². The Bertz CT molecular complexity index is 721. The highest BCUT2D eigenvalue weighted by molar-refractivity contribution is 7.18. The Morgan fingerprint density at radius 3 is 2.62 bits per heavy atom. The largest absolute Gasteiger partial charge is 0.348 e. The molecule has 5 heteroatoms. The number of aromatic nitrogens is 1. The van der Waals surface area contributed by atoms with E-state index in [-0.39, 0.29) is 5.91 Å². The molecule has 0 unspecified atom stereocenters. The van der Waals surface area contributed by atoms with Crippen molar-refractivity contribution in [3.63, 3.8) is 0 Å². The van der Waals surface area contributed by atoms with E-state index in [9.17, 15) is 4.79 Å². The molecule has 1 aromatic heterocycles. The van der Waals surface area contributed by atoms with Crippen molar-refractivity contribution in [2.24, 2.45) is 5.73 Å². The minimum absolute atomic E-state index is 0.194. The number of nitrogens with zero attached hydrogens (tertiary/aromatic N) is 1. The highest BCUT2D eigenvalue weighted by Crippen LogP contribution is 2.21. The van der Waals surface area contributed by atoms with Gasteiger partial charge in [-0.25, -0.2) is 4.98 Å². The van der Waals surface area contributed by atoms with Crippen molar-refractivity contribution in [3.05, 3.63) is 65.2 Å². The topological polar surface area (TPSA) is 68.0 Å². The molecule has 21 heavy (non-hydrogen) atoms. The van der Waals surface area contributed by atoms with Gasteiger partial charge in [0.15, 0.2) is 0 Å². The number of benzene rings is 2. The normalized spacial score (nSPS) is 12.2. The number of hydrogen-bond donors (Lipinski definition) is 2. The van der Waals surface area contributed by atoms with Crippen molar-refractivity contribution in [2.45, 2.75) is 12.6 Å². The minimum atomic E-state index is -0.652. The minimum Gasteiger partial charge on any atom is -0.348 e. The molecule has 1 atom stereocenters. The van der Waals surface area contributed by atoms with E-state index in [4.69, 9.17) is 5.73 Å². The second-order valence-corrected chi connectivity index (χ2v) is 5.80. The summed E-state index contributed by atoms with van der Waals surface area (Å²) < 4.78 is 1.12. The first kappa shape index (κ1) is 13.7. The third-order valence-electron chi connectivity index (χ3n) is 3.19. The predicted molar refractivity (Wildman–Crippen MR) is 84.8 cm³/mol. The monoisotopic (exact) mass is 297 g/mol. The smallest absolute Gasteiger partial charge is 0.241 e. The second kappa shape index (κ2) is 6.03. The number of hydrogen-bond acceptors (Lipinski definition) is 4. The Morgan fingerprint density at radius 2 is 1.86 bits per heavy atom. The summed E-state index contributed by atoms with van der Waals surface area (Å²) in [5, 5.41) is 3.72. The van der Waals surface area contributed by atoms with Gasteiger partial charge in [-0.3, -0.25) is 4.79 Å². The lowest BCUT2D eigenvalue weighted by molar-refractivity contribution is -0.122. The maximum Gasteiger partial charge on any atom is 0.241 e. The van der Waals surface area contributed by atoms with Gasteiger partial charge in [-0.2, -0.15) is 0 Å². The molecule has 0 aliphatic heterocycles. The molecule has 2 aromatic carbocycles. The molecule has 3 N–H and O–H groups in total. The van der Waals surface area contributed by atoms with Gasteiger partial charge in [0.1, 0.15) is 11.0 Å². The molecule has 106 valence electrons. The summed E-state index contributed by atoms with van der Waals surface area (Å²) in [4.78, 5) is 16.6. The third kappa shape index (κ3) is 3.09. The van der Waals surface area contributed by atoms with Crippen LogP contribution in [-0.4, -0.2) is 10.9 Å². The Kier molecular flexibility index (Phi) is 3.94. The van der Waals surface area contributed by atoms with E-state index in [1.54, 1.807) is 11.3 Å². The number of carbonyl (C=O) groups excluding carboxylic acids is 1. The van der Waals surface area contributed by atoms with Crippen LogP contribution in [0.4, 0.5) is 0 Å². The highest BCUT2D eigenvalue weighted by atomic mass is 32.1. The molecule has 0 fully saturated rings. The van der Waals surface area contributed by atoms with Gasteiger partial charge in [0.2, 0.25) is 5.91 Å². The fourth-order valence-corrected chi connectivity index (χ4v) is 2.99. The van der Waals surface area contributed by atoms with E-state index in [1.165, 1.54) is 0 Å². The molecular formula is C16H15N3OS. The quantitative estimate of drug-likeness (QED) is 0.778.